The minimum absolute atomic E-state index is 0.0105. The van der Waals surface area contributed by atoms with E-state index >= 15 is 0 Å². The molecule has 0 aromatic heterocycles. The first-order chi connectivity index (χ1) is 9.70. The first-order valence-corrected chi connectivity index (χ1v) is 7.94. The molecule has 20 heavy (non-hydrogen) atoms. The van der Waals surface area contributed by atoms with Crippen LogP contribution in [0.3, 0.4) is 0 Å². The molecule has 4 heteroatoms. The lowest BCUT2D eigenvalue weighted by molar-refractivity contribution is 0.121. The largest absolute Gasteiger partial charge is 0.395 e. The number of likely N-dealkylation sites (tertiary alicyclic amines) is 1. The Morgan fingerprint density at radius 2 is 2.20 bits per heavy atom. The molecule has 0 bridgehead atoms. The molecule has 1 aliphatic heterocycles. The fourth-order valence-electron chi connectivity index (χ4n) is 2.95. The third kappa shape index (κ3) is 4.45. The molecule has 0 radical (unpaired) electrons. The Morgan fingerprint density at radius 1 is 1.35 bits per heavy atom. The molecule has 0 saturated carbocycles. The van der Waals surface area contributed by atoms with Crippen molar-refractivity contribution in [2.75, 3.05) is 19.7 Å². The summed E-state index contributed by atoms with van der Waals surface area (Å²) in [4.78, 5) is 2.40. The second kappa shape index (κ2) is 7.99. The first-order valence-electron chi connectivity index (χ1n) is 7.56. The van der Waals surface area contributed by atoms with Gasteiger partial charge in [0.15, 0.2) is 0 Å². The molecular weight excluding hydrogens is 272 g/mol. The molecule has 112 valence electrons. The highest BCUT2D eigenvalue weighted by Crippen LogP contribution is 2.21. The summed E-state index contributed by atoms with van der Waals surface area (Å²) in [6, 6.07) is 8.11. The van der Waals surface area contributed by atoms with Crippen molar-refractivity contribution in [3.63, 3.8) is 0 Å². The zero-order chi connectivity index (χ0) is 14.4. The summed E-state index contributed by atoms with van der Waals surface area (Å²) in [5, 5.41) is 10.3. The summed E-state index contributed by atoms with van der Waals surface area (Å²) in [7, 11) is 0. The molecule has 1 fully saturated rings. The van der Waals surface area contributed by atoms with Crippen molar-refractivity contribution in [1.82, 2.24) is 4.90 Å². The van der Waals surface area contributed by atoms with Gasteiger partial charge in [0.1, 0.15) is 0 Å². The predicted molar refractivity (Wildman–Crippen MR) is 83.9 cm³/mol. The molecule has 1 heterocycles. The topological polar surface area (TPSA) is 49.5 Å². The quantitative estimate of drug-likeness (QED) is 0.878. The average Bonchev–Trinajstić information content (AvgIpc) is 2.69. The molecular formula is C16H25ClN2O. The van der Waals surface area contributed by atoms with Crippen molar-refractivity contribution < 1.29 is 5.11 Å². The average molecular weight is 297 g/mol. The second-order valence-electron chi connectivity index (χ2n) is 5.67. The van der Waals surface area contributed by atoms with E-state index in [9.17, 15) is 5.11 Å². The Kier molecular flexibility index (Phi) is 6.30. The molecule has 1 aromatic rings. The molecule has 0 aliphatic carbocycles. The summed E-state index contributed by atoms with van der Waals surface area (Å²) in [6.07, 6.45) is 5.72. The van der Waals surface area contributed by atoms with E-state index in [0.29, 0.717) is 6.04 Å². The highest BCUT2D eigenvalue weighted by molar-refractivity contribution is 6.30. The Hall–Kier alpha value is -0.610. The Balaban J connectivity index is 1.89. The van der Waals surface area contributed by atoms with Crippen LogP contribution in [0.1, 0.15) is 43.7 Å². The molecule has 3 N–H and O–H groups in total. The van der Waals surface area contributed by atoms with Gasteiger partial charge in [-0.2, -0.15) is 0 Å². The molecule has 0 amide bonds. The monoisotopic (exact) mass is 296 g/mol. The number of rotatable bonds is 5. The van der Waals surface area contributed by atoms with Gasteiger partial charge in [0, 0.05) is 23.7 Å². The molecule has 1 aliphatic rings. The molecule has 1 aromatic carbocycles. The smallest absolute Gasteiger partial charge is 0.0586 e. The zero-order valence-electron chi connectivity index (χ0n) is 12.0. The lowest BCUT2D eigenvalue weighted by Gasteiger charge is -2.29. The fourth-order valence-corrected chi connectivity index (χ4v) is 3.15. The Bertz CT molecular complexity index is 413. The highest BCUT2D eigenvalue weighted by Gasteiger charge is 2.20. The summed E-state index contributed by atoms with van der Waals surface area (Å²) in [6.45, 7) is 2.28. The van der Waals surface area contributed by atoms with Crippen molar-refractivity contribution in [2.24, 2.45) is 5.73 Å². The standard InChI is InChI=1S/C16H25ClN2O/c17-14-6-4-5-13(11-14)16(18)8-10-19-9-3-1-2-7-15(19)12-20/h4-6,11,15-16,20H,1-3,7-10,12,18H2. The van der Waals surface area contributed by atoms with Crippen LogP contribution in [0.4, 0.5) is 0 Å². The molecule has 2 rings (SSSR count). The van der Waals surface area contributed by atoms with Crippen molar-refractivity contribution in [3.8, 4) is 0 Å². The van der Waals surface area contributed by atoms with Gasteiger partial charge in [0.25, 0.3) is 0 Å². The summed E-state index contributed by atoms with van der Waals surface area (Å²) in [5.41, 5.74) is 7.35. The van der Waals surface area contributed by atoms with E-state index in [4.69, 9.17) is 17.3 Å². The van der Waals surface area contributed by atoms with Crippen LogP contribution in [0.5, 0.6) is 0 Å². The molecule has 0 spiro atoms. The van der Waals surface area contributed by atoms with Gasteiger partial charge < -0.3 is 10.8 Å². The van der Waals surface area contributed by atoms with Crippen molar-refractivity contribution in [2.45, 2.75) is 44.2 Å². The highest BCUT2D eigenvalue weighted by atomic mass is 35.5. The maximum atomic E-state index is 9.51. The van der Waals surface area contributed by atoms with E-state index < -0.39 is 0 Å². The number of nitrogens with zero attached hydrogens (tertiary/aromatic N) is 1. The minimum atomic E-state index is 0.0105. The van der Waals surface area contributed by atoms with Crippen LogP contribution < -0.4 is 5.73 Å². The van der Waals surface area contributed by atoms with E-state index in [-0.39, 0.29) is 12.6 Å². The van der Waals surface area contributed by atoms with Crippen LogP contribution in [-0.2, 0) is 0 Å². The van der Waals surface area contributed by atoms with E-state index in [0.717, 1.165) is 36.5 Å². The maximum Gasteiger partial charge on any atom is 0.0586 e. The lowest BCUT2D eigenvalue weighted by Crippen LogP contribution is -2.39. The van der Waals surface area contributed by atoms with Crippen LogP contribution in [0.15, 0.2) is 24.3 Å². The number of hydrogen-bond acceptors (Lipinski definition) is 3. The van der Waals surface area contributed by atoms with Crippen LogP contribution in [-0.4, -0.2) is 35.7 Å². The van der Waals surface area contributed by atoms with E-state index in [1.807, 2.05) is 24.3 Å². The van der Waals surface area contributed by atoms with Gasteiger partial charge in [-0.1, -0.05) is 36.6 Å². The lowest BCUT2D eigenvalue weighted by atomic mass is 10.0. The van der Waals surface area contributed by atoms with E-state index in [2.05, 4.69) is 4.90 Å². The summed E-state index contributed by atoms with van der Waals surface area (Å²) >= 11 is 6.01. The number of aliphatic hydroxyl groups is 1. The third-order valence-electron chi connectivity index (χ3n) is 4.21. The minimum Gasteiger partial charge on any atom is -0.395 e. The van der Waals surface area contributed by atoms with Gasteiger partial charge in [-0.15, -0.1) is 0 Å². The predicted octanol–water partition coefficient (Wildman–Crippen LogP) is 2.97. The van der Waals surface area contributed by atoms with Gasteiger partial charge in [0.2, 0.25) is 0 Å². The molecule has 3 nitrogen and oxygen atoms in total. The van der Waals surface area contributed by atoms with Crippen molar-refractivity contribution >= 4 is 11.6 Å². The van der Waals surface area contributed by atoms with Gasteiger partial charge in [-0.3, -0.25) is 4.90 Å². The number of hydrogen-bond donors (Lipinski definition) is 2. The SMILES string of the molecule is NC(CCN1CCCCCC1CO)c1cccc(Cl)c1. The van der Waals surface area contributed by atoms with Crippen molar-refractivity contribution in [3.05, 3.63) is 34.9 Å². The second-order valence-corrected chi connectivity index (χ2v) is 6.11. The normalized spacial score (nSPS) is 22.4. The fraction of sp³-hybridized carbons (Fsp3) is 0.625. The van der Waals surface area contributed by atoms with Gasteiger partial charge in [-0.25, -0.2) is 0 Å². The number of benzene rings is 1. The number of halogens is 1. The third-order valence-corrected chi connectivity index (χ3v) is 4.45. The molecule has 1 saturated heterocycles. The summed E-state index contributed by atoms with van der Waals surface area (Å²) < 4.78 is 0. The Morgan fingerprint density at radius 3 is 2.95 bits per heavy atom. The first kappa shape index (κ1) is 15.8. The van der Waals surface area contributed by atoms with Crippen LogP contribution in [0.2, 0.25) is 5.02 Å². The van der Waals surface area contributed by atoms with Gasteiger partial charge >= 0.3 is 0 Å². The van der Waals surface area contributed by atoms with E-state index in [1.165, 1.54) is 19.3 Å². The van der Waals surface area contributed by atoms with Crippen LogP contribution in [0.25, 0.3) is 0 Å². The maximum absolute atomic E-state index is 9.51. The number of aliphatic hydroxyl groups excluding tert-OH is 1. The number of nitrogens with two attached hydrogens (primary N) is 1. The molecule has 2 atom stereocenters. The Labute approximate surface area is 126 Å². The van der Waals surface area contributed by atoms with E-state index in [1.54, 1.807) is 0 Å². The van der Waals surface area contributed by atoms with Crippen LogP contribution >= 0.6 is 11.6 Å². The zero-order valence-corrected chi connectivity index (χ0v) is 12.7. The van der Waals surface area contributed by atoms with Gasteiger partial charge in [0.05, 0.1) is 6.61 Å². The van der Waals surface area contributed by atoms with Gasteiger partial charge in [-0.05, 0) is 43.5 Å². The summed E-state index contributed by atoms with van der Waals surface area (Å²) in [5.74, 6) is 0. The van der Waals surface area contributed by atoms with Crippen molar-refractivity contribution in [1.29, 1.82) is 0 Å². The van der Waals surface area contributed by atoms with Crippen LogP contribution in [0, 0.1) is 0 Å². The molecule has 2 unspecified atom stereocenters.